The molecule has 1 aliphatic carbocycles. The molecule has 0 aromatic heterocycles. The number of nitrogens with zero attached hydrogens (tertiary/aromatic N) is 2. The van der Waals surface area contributed by atoms with E-state index in [2.05, 4.69) is 5.32 Å². The summed E-state index contributed by atoms with van der Waals surface area (Å²) in [6, 6.07) is 3.44. The molecule has 0 spiro atoms. The number of carboxylic acids is 1. The third kappa shape index (κ3) is 8.92. The van der Waals surface area contributed by atoms with Gasteiger partial charge in [0.2, 0.25) is 11.8 Å². The molecule has 46 heavy (non-hydrogen) atoms. The molecule has 13 heteroatoms. The fourth-order valence-electron chi connectivity index (χ4n) is 5.98. The second-order valence-electron chi connectivity index (χ2n) is 13.7. The van der Waals surface area contributed by atoms with E-state index in [0.717, 1.165) is 30.4 Å². The number of fused-ring (bicyclic) bond motifs is 1. The number of rotatable bonds is 12. The lowest BCUT2D eigenvalue weighted by molar-refractivity contribution is -0.143. The summed E-state index contributed by atoms with van der Waals surface area (Å²) in [5.41, 5.74) is 6.12. The van der Waals surface area contributed by atoms with Gasteiger partial charge in [-0.05, 0) is 82.6 Å². The largest absolute Gasteiger partial charge is 0.481 e. The van der Waals surface area contributed by atoms with Gasteiger partial charge in [-0.2, -0.15) is 0 Å². The fourth-order valence-corrected chi connectivity index (χ4v) is 6.18. The van der Waals surface area contributed by atoms with Crippen LogP contribution in [0.15, 0.2) is 30.4 Å². The number of carbonyl (C=O) groups is 5. The highest BCUT2D eigenvalue weighted by Crippen LogP contribution is 2.53. The highest BCUT2D eigenvalue weighted by Gasteiger charge is 2.54. The Morgan fingerprint density at radius 3 is 2.52 bits per heavy atom. The van der Waals surface area contributed by atoms with Crippen molar-refractivity contribution in [3.05, 3.63) is 46.5 Å². The number of ether oxygens (including phenoxy) is 2. The number of likely N-dealkylation sites (tertiary alicyclic amines) is 1. The van der Waals surface area contributed by atoms with E-state index >= 15 is 0 Å². The minimum Gasteiger partial charge on any atom is -0.481 e. The molecule has 4 amide bonds. The van der Waals surface area contributed by atoms with Gasteiger partial charge in [-0.15, -0.1) is 0 Å². The molecule has 12 nitrogen and oxygen atoms in total. The molecule has 252 valence electrons. The first-order valence-corrected chi connectivity index (χ1v) is 16.2. The number of primary amides is 1. The molecule has 0 bridgehead atoms. The molecule has 5 atom stereocenters. The molecule has 1 aromatic rings. The molecule has 2 fully saturated rings. The minimum atomic E-state index is -1.01. The molecule has 0 radical (unpaired) electrons. The molecule has 4 rings (SSSR count). The van der Waals surface area contributed by atoms with Crippen LogP contribution in [0, 0.1) is 11.3 Å². The monoisotopic (exact) mass is 660 g/mol. The summed E-state index contributed by atoms with van der Waals surface area (Å²) in [6.07, 6.45) is 5.80. The lowest BCUT2D eigenvalue weighted by Crippen LogP contribution is -2.53. The van der Waals surface area contributed by atoms with Crippen LogP contribution in [0.25, 0.3) is 0 Å². The molecule has 1 saturated carbocycles. The van der Waals surface area contributed by atoms with Gasteiger partial charge in [-0.25, -0.2) is 9.59 Å². The average molecular weight is 661 g/mol. The van der Waals surface area contributed by atoms with E-state index < -0.39 is 59.2 Å². The summed E-state index contributed by atoms with van der Waals surface area (Å²) in [5.74, 6) is -1.96. The number of nitrogens with two attached hydrogens (primary N) is 1. The van der Waals surface area contributed by atoms with Crippen LogP contribution < -0.4 is 11.1 Å². The zero-order chi connectivity index (χ0) is 33.8. The maximum Gasteiger partial charge on any atom is 0.410 e. The number of carboxylic acid groups (broad SMARTS) is 1. The van der Waals surface area contributed by atoms with E-state index in [1.807, 2.05) is 24.3 Å². The van der Waals surface area contributed by atoms with Crippen LogP contribution in [0.4, 0.5) is 9.59 Å². The van der Waals surface area contributed by atoms with Crippen molar-refractivity contribution in [3.8, 4) is 0 Å². The standard InChI is InChI=1S/C33H45ClN4O8/c1-32(2,3)46-30(43)36-25(11-9-7-5-6-8-10-22-16-33(22,4)29(41)42)28(40)38-19-24(15-26(38)27(35)39)45-31(44)37-17-20-12-13-23(34)14-21(20)18-37/h8,10,12-14,22,24-26H,5-7,9,11,15-19H2,1-4H3,(H2,35,39)(H,36,43)(H,41,42)/b10-8-/t22-,24-,25+,26+,33+/m1/s1. The van der Waals surface area contributed by atoms with Gasteiger partial charge >= 0.3 is 18.2 Å². The number of hydrogen-bond donors (Lipinski definition) is 3. The molecular weight excluding hydrogens is 616 g/mol. The van der Waals surface area contributed by atoms with Gasteiger partial charge in [-0.3, -0.25) is 19.3 Å². The first-order chi connectivity index (χ1) is 21.6. The number of amides is 4. The molecule has 2 aliphatic heterocycles. The van der Waals surface area contributed by atoms with E-state index in [0.29, 0.717) is 37.4 Å². The Labute approximate surface area is 274 Å². The van der Waals surface area contributed by atoms with Crippen LogP contribution in [0.5, 0.6) is 0 Å². The molecular formula is C33H45ClN4O8. The zero-order valence-corrected chi connectivity index (χ0v) is 27.7. The van der Waals surface area contributed by atoms with E-state index in [4.69, 9.17) is 26.8 Å². The van der Waals surface area contributed by atoms with Crippen LogP contribution in [-0.2, 0) is 36.9 Å². The minimum absolute atomic E-state index is 0.0431. The number of hydrogen-bond acceptors (Lipinski definition) is 7. The van der Waals surface area contributed by atoms with E-state index in [-0.39, 0.29) is 18.9 Å². The number of nitrogens with one attached hydrogen (secondary N) is 1. The van der Waals surface area contributed by atoms with Gasteiger partial charge < -0.3 is 30.5 Å². The van der Waals surface area contributed by atoms with E-state index in [9.17, 15) is 29.1 Å². The van der Waals surface area contributed by atoms with Crippen LogP contribution in [0.1, 0.15) is 83.8 Å². The summed E-state index contributed by atoms with van der Waals surface area (Å²) >= 11 is 6.09. The molecule has 4 N–H and O–H groups in total. The summed E-state index contributed by atoms with van der Waals surface area (Å²) in [6.45, 7) is 7.55. The van der Waals surface area contributed by atoms with Gasteiger partial charge in [0.25, 0.3) is 0 Å². The highest BCUT2D eigenvalue weighted by atomic mass is 35.5. The summed E-state index contributed by atoms with van der Waals surface area (Å²) in [4.78, 5) is 66.1. The summed E-state index contributed by atoms with van der Waals surface area (Å²) in [7, 11) is 0. The van der Waals surface area contributed by atoms with Gasteiger partial charge in [0.15, 0.2) is 0 Å². The van der Waals surface area contributed by atoms with Gasteiger partial charge in [0.05, 0.1) is 12.0 Å². The Kier molecular flexibility index (Phi) is 10.9. The second kappa shape index (κ2) is 14.3. The van der Waals surface area contributed by atoms with Crippen LogP contribution in [0.2, 0.25) is 5.02 Å². The van der Waals surface area contributed by atoms with Gasteiger partial charge in [0, 0.05) is 24.5 Å². The zero-order valence-electron chi connectivity index (χ0n) is 26.9. The highest BCUT2D eigenvalue weighted by molar-refractivity contribution is 6.30. The Hall–Kier alpha value is -3.80. The molecule has 0 unspecified atom stereocenters. The van der Waals surface area contributed by atoms with Crippen LogP contribution in [-0.4, -0.2) is 75.2 Å². The summed E-state index contributed by atoms with van der Waals surface area (Å²) < 4.78 is 11.1. The second-order valence-corrected chi connectivity index (χ2v) is 14.2. The van der Waals surface area contributed by atoms with Crippen molar-refractivity contribution >= 4 is 41.6 Å². The third-order valence-corrected chi connectivity index (χ3v) is 9.04. The third-order valence-electron chi connectivity index (χ3n) is 8.80. The fraction of sp³-hybridized carbons (Fsp3) is 0.606. The number of carbonyl (C=O) groups excluding carboxylic acids is 4. The number of alkyl carbamates (subject to hydrolysis) is 1. The number of unbranched alkanes of at least 4 members (excludes halogenated alkanes) is 3. The van der Waals surface area contributed by atoms with Crippen molar-refractivity contribution in [3.63, 3.8) is 0 Å². The Morgan fingerprint density at radius 1 is 1.15 bits per heavy atom. The first kappa shape index (κ1) is 35.1. The number of benzene rings is 1. The van der Waals surface area contributed by atoms with Gasteiger partial charge in [0.1, 0.15) is 23.8 Å². The smallest absolute Gasteiger partial charge is 0.410 e. The number of halogens is 1. The lowest BCUT2D eigenvalue weighted by Gasteiger charge is -2.28. The van der Waals surface area contributed by atoms with E-state index in [1.165, 1.54) is 9.80 Å². The van der Waals surface area contributed by atoms with Crippen LogP contribution in [0.3, 0.4) is 0 Å². The maximum atomic E-state index is 13.8. The van der Waals surface area contributed by atoms with E-state index in [1.54, 1.807) is 33.8 Å². The van der Waals surface area contributed by atoms with Crippen LogP contribution >= 0.6 is 11.6 Å². The predicted octanol–water partition coefficient (Wildman–Crippen LogP) is 4.76. The lowest BCUT2D eigenvalue weighted by atomic mass is 10.0. The topological polar surface area (TPSA) is 169 Å². The normalized spacial score (nSPS) is 24.4. The van der Waals surface area contributed by atoms with Crippen molar-refractivity contribution < 1.29 is 38.6 Å². The molecule has 3 aliphatic rings. The predicted molar refractivity (Wildman–Crippen MR) is 170 cm³/mol. The van der Waals surface area contributed by atoms with Crippen molar-refractivity contribution in [1.82, 2.24) is 15.1 Å². The quantitative estimate of drug-likeness (QED) is 0.213. The van der Waals surface area contributed by atoms with Crippen molar-refractivity contribution in [2.24, 2.45) is 17.1 Å². The Morgan fingerprint density at radius 2 is 1.87 bits per heavy atom. The first-order valence-electron chi connectivity index (χ1n) is 15.8. The Bertz CT molecular complexity index is 1380. The molecule has 1 saturated heterocycles. The molecule has 1 aromatic carbocycles. The summed E-state index contributed by atoms with van der Waals surface area (Å²) in [5, 5.41) is 12.5. The van der Waals surface area contributed by atoms with Crippen molar-refractivity contribution in [2.75, 3.05) is 6.54 Å². The maximum absolute atomic E-state index is 13.8. The van der Waals surface area contributed by atoms with Crippen molar-refractivity contribution in [1.29, 1.82) is 0 Å². The Balaban J connectivity index is 1.33. The number of allylic oxidation sites excluding steroid dienone is 2. The molecule has 2 heterocycles. The number of aliphatic carboxylic acids is 1. The van der Waals surface area contributed by atoms with Gasteiger partial charge in [-0.1, -0.05) is 42.7 Å². The SMILES string of the molecule is CC(C)(C)OC(=O)N[C@@H](CCCCC/C=C\[C@@H]1C[C@]1(C)C(=O)O)C(=O)N1C[C@H](OC(=O)N2Cc3ccc(Cl)cc3C2)C[C@H]1C(N)=O. The average Bonchev–Trinajstić information content (AvgIpc) is 3.27. The van der Waals surface area contributed by atoms with Crippen molar-refractivity contribution in [2.45, 2.75) is 110 Å².